The zero-order valence-electron chi connectivity index (χ0n) is 25.1. The molecule has 4 heterocycles. The molecule has 3 aromatic rings. The SMILES string of the molecule is CC[C@H]1CN(c2ncc(-c3ncc[nH]3)cc2Cl)CCN1C1CCN(Cc2ccc(C#CC(C)(C)NS(N)(=O)=O)cc2)CC1. The molecular formula is C31H41ClN8O2S. The molecule has 0 aliphatic carbocycles. The number of nitrogens with zero attached hydrogens (tertiary/aromatic N) is 5. The molecule has 0 saturated carbocycles. The summed E-state index contributed by atoms with van der Waals surface area (Å²) in [6.07, 6.45) is 8.77. The van der Waals surface area contributed by atoms with Crippen LogP contribution in [0.4, 0.5) is 5.82 Å². The fourth-order valence-electron chi connectivity index (χ4n) is 6.09. The molecule has 1 aromatic carbocycles. The van der Waals surface area contributed by atoms with Gasteiger partial charge in [-0.05, 0) is 70.0 Å². The Morgan fingerprint density at radius 1 is 1.14 bits per heavy atom. The maximum absolute atomic E-state index is 11.3. The molecule has 230 valence electrons. The van der Waals surface area contributed by atoms with E-state index in [1.807, 2.05) is 24.4 Å². The third kappa shape index (κ3) is 8.35. The zero-order chi connectivity index (χ0) is 30.6. The van der Waals surface area contributed by atoms with E-state index in [0.717, 1.165) is 81.3 Å². The molecule has 2 aliphatic rings. The van der Waals surface area contributed by atoms with E-state index in [9.17, 15) is 8.42 Å². The summed E-state index contributed by atoms with van der Waals surface area (Å²) in [4.78, 5) is 19.7. The predicted octanol–water partition coefficient (Wildman–Crippen LogP) is 3.61. The van der Waals surface area contributed by atoms with Crippen molar-refractivity contribution in [3.63, 3.8) is 0 Å². The summed E-state index contributed by atoms with van der Waals surface area (Å²) in [6, 6.07) is 11.2. The van der Waals surface area contributed by atoms with Crippen molar-refractivity contribution < 1.29 is 8.42 Å². The number of nitrogens with one attached hydrogen (secondary N) is 2. The summed E-state index contributed by atoms with van der Waals surface area (Å²) < 4.78 is 25.0. The van der Waals surface area contributed by atoms with Gasteiger partial charge in [-0.15, -0.1) is 0 Å². The molecule has 10 nitrogen and oxygen atoms in total. The van der Waals surface area contributed by atoms with E-state index in [4.69, 9.17) is 21.7 Å². The van der Waals surface area contributed by atoms with Gasteiger partial charge >= 0.3 is 0 Å². The Kier molecular flexibility index (Phi) is 9.76. The van der Waals surface area contributed by atoms with E-state index in [0.29, 0.717) is 17.1 Å². The number of hydrogen-bond donors (Lipinski definition) is 3. The van der Waals surface area contributed by atoms with Gasteiger partial charge in [0, 0.05) is 68.0 Å². The van der Waals surface area contributed by atoms with E-state index in [1.165, 1.54) is 5.56 Å². The first-order valence-electron chi connectivity index (χ1n) is 14.8. The van der Waals surface area contributed by atoms with Crippen LogP contribution in [0.15, 0.2) is 48.9 Å². The minimum atomic E-state index is -3.82. The van der Waals surface area contributed by atoms with Crippen LogP contribution < -0.4 is 14.8 Å². The number of piperidine rings is 1. The number of aromatic nitrogens is 3. The number of piperazine rings is 1. The highest BCUT2D eigenvalue weighted by molar-refractivity contribution is 7.87. The van der Waals surface area contributed by atoms with Gasteiger partial charge in [0.1, 0.15) is 11.6 Å². The summed E-state index contributed by atoms with van der Waals surface area (Å²) in [6.45, 7) is 11.5. The Morgan fingerprint density at radius 2 is 1.88 bits per heavy atom. The molecule has 0 unspecified atom stereocenters. The van der Waals surface area contributed by atoms with E-state index >= 15 is 0 Å². The molecule has 12 heteroatoms. The number of benzene rings is 1. The highest BCUT2D eigenvalue weighted by atomic mass is 35.5. The Labute approximate surface area is 260 Å². The number of nitrogens with two attached hydrogens (primary N) is 1. The number of halogens is 1. The molecule has 4 N–H and O–H groups in total. The molecule has 2 saturated heterocycles. The first-order valence-corrected chi connectivity index (χ1v) is 16.7. The highest BCUT2D eigenvalue weighted by Gasteiger charge is 2.34. The standard InChI is InChI=1S/C31H41ClN8O2S/c1-4-26-22-39(30-28(32)19-25(20-36-30)29-34-13-14-35-29)17-18-40(26)27-10-15-38(16-11-27)21-24-7-5-23(6-8-24)9-12-31(2,3)37-43(33,41)42/h5-8,13-14,19-20,26-27,37H,4,10-11,15-18,21-22H2,1-3H3,(H,34,35)(H2,33,41,42)/t26-/m0/s1. The maximum Gasteiger partial charge on any atom is 0.275 e. The Bertz CT molecular complexity index is 1540. The van der Waals surface area contributed by atoms with Crippen LogP contribution in [-0.4, -0.2) is 83.5 Å². The van der Waals surface area contributed by atoms with Gasteiger partial charge in [0.2, 0.25) is 0 Å². The van der Waals surface area contributed by atoms with Crippen LogP contribution in [-0.2, 0) is 16.8 Å². The lowest BCUT2D eigenvalue weighted by Gasteiger charge is -2.47. The van der Waals surface area contributed by atoms with Crippen molar-refractivity contribution in [3.05, 3.63) is 65.1 Å². The Hall–Kier alpha value is -2.98. The average Bonchev–Trinajstić information content (AvgIpc) is 3.51. The normalized spacial score (nSPS) is 19.3. The average molecular weight is 625 g/mol. The third-order valence-electron chi connectivity index (χ3n) is 8.20. The Morgan fingerprint density at radius 3 is 2.51 bits per heavy atom. The minimum absolute atomic E-state index is 0.465. The second-order valence-corrected chi connectivity index (χ2v) is 13.6. The quantitative estimate of drug-likeness (QED) is 0.327. The van der Waals surface area contributed by atoms with Crippen LogP contribution in [0, 0.1) is 11.8 Å². The molecule has 2 fully saturated rings. The first kappa shape index (κ1) is 31.4. The predicted molar refractivity (Wildman–Crippen MR) is 172 cm³/mol. The second kappa shape index (κ2) is 13.3. The maximum atomic E-state index is 11.3. The summed E-state index contributed by atoms with van der Waals surface area (Å²) >= 11 is 6.70. The number of rotatable bonds is 8. The molecule has 5 rings (SSSR count). The number of pyridine rings is 1. The lowest BCUT2D eigenvalue weighted by atomic mass is 9.97. The summed E-state index contributed by atoms with van der Waals surface area (Å²) in [5.41, 5.74) is 2.02. The monoisotopic (exact) mass is 624 g/mol. The van der Waals surface area contributed by atoms with E-state index in [1.54, 1.807) is 26.2 Å². The zero-order valence-corrected chi connectivity index (χ0v) is 26.6. The van der Waals surface area contributed by atoms with Gasteiger partial charge in [0.25, 0.3) is 10.2 Å². The molecule has 43 heavy (non-hydrogen) atoms. The van der Waals surface area contributed by atoms with Gasteiger partial charge < -0.3 is 9.88 Å². The molecule has 0 spiro atoms. The largest absolute Gasteiger partial charge is 0.353 e. The van der Waals surface area contributed by atoms with Crippen LogP contribution >= 0.6 is 11.6 Å². The van der Waals surface area contributed by atoms with Crippen molar-refractivity contribution in [2.45, 2.75) is 64.2 Å². The third-order valence-corrected chi connectivity index (χ3v) is 9.27. The molecular weight excluding hydrogens is 584 g/mol. The van der Waals surface area contributed by atoms with Crippen LogP contribution in [0.1, 0.15) is 51.2 Å². The minimum Gasteiger partial charge on any atom is -0.353 e. The van der Waals surface area contributed by atoms with Crippen LogP contribution in [0.2, 0.25) is 5.02 Å². The topological polar surface area (TPSA) is 123 Å². The molecule has 0 amide bonds. The van der Waals surface area contributed by atoms with Crippen molar-refractivity contribution >= 4 is 27.6 Å². The van der Waals surface area contributed by atoms with E-state index in [-0.39, 0.29) is 0 Å². The highest BCUT2D eigenvalue weighted by Crippen LogP contribution is 2.31. The number of likely N-dealkylation sites (tertiary alicyclic amines) is 1. The van der Waals surface area contributed by atoms with Crippen LogP contribution in [0.5, 0.6) is 0 Å². The number of H-pyrrole nitrogens is 1. The summed E-state index contributed by atoms with van der Waals surface area (Å²) in [5, 5.41) is 5.75. The van der Waals surface area contributed by atoms with Crippen LogP contribution in [0.25, 0.3) is 11.4 Å². The van der Waals surface area contributed by atoms with Gasteiger partial charge in [-0.3, -0.25) is 9.80 Å². The number of hydrogen-bond acceptors (Lipinski definition) is 7. The number of aromatic amines is 1. The van der Waals surface area contributed by atoms with Gasteiger partial charge in [-0.1, -0.05) is 42.5 Å². The summed E-state index contributed by atoms with van der Waals surface area (Å²) in [5.74, 6) is 7.61. The van der Waals surface area contributed by atoms with E-state index in [2.05, 4.69) is 60.3 Å². The lowest BCUT2D eigenvalue weighted by molar-refractivity contribution is 0.0610. The molecule has 0 bridgehead atoms. The Balaban J connectivity index is 1.12. The van der Waals surface area contributed by atoms with Crippen molar-refractivity contribution in [3.8, 4) is 23.2 Å². The number of imidazole rings is 1. The fourth-order valence-corrected chi connectivity index (χ4v) is 7.14. The lowest BCUT2D eigenvalue weighted by Crippen LogP contribution is -2.58. The number of anilines is 1. The van der Waals surface area contributed by atoms with Crippen LogP contribution in [0.3, 0.4) is 0 Å². The molecule has 1 atom stereocenters. The second-order valence-electron chi connectivity index (χ2n) is 11.9. The smallest absolute Gasteiger partial charge is 0.275 e. The molecule has 2 aliphatic heterocycles. The van der Waals surface area contributed by atoms with Crippen molar-refractivity contribution in [1.29, 1.82) is 0 Å². The summed E-state index contributed by atoms with van der Waals surface area (Å²) in [7, 11) is -3.82. The van der Waals surface area contributed by atoms with Gasteiger partial charge in [-0.25, -0.2) is 15.1 Å². The molecule has 0 radical (unpaired) electrons. The van der Waals surface area contributed by atoms with Gasteiger partial charge in [0.05, 0.1) is 10.6 Å². The van der Waals surface area contributed by atoms with Crippen molar-refractivity contribution in [2.75, 3.05) is 37.6 Å². The van der Waals surface area contributed by atoms with E-state index < -0.39 is 15.7 Å². The van der Waals surface area contributed by atoms with Gasteiger partial charge in [0.15, 0.2) is 0 Å². The van der Waals surface area contributed by atoms with Crippen molar-refractivity contribution in [1.82, 2.24) is 29.5 Å². The van der Waals surface area contributed by atoms with Gasteiger partial charge in [-0.2, -0.15) is 13.1 Å². The van der Waals surface area contributed by atoms with Crippen molar-refractivity contribution in [2.24, 2.45) is 5.14 Å². The first-order chi connectivity index (χ1) is 20.5. The fraction of sp³-hybridized carbons (Fsp3) is 0.484. The molecule has 2 aromatic heterocycles.